The first-order valence-electron chi connectivity index (χ1n) is 13.5. The Morgan fingerprint density at radius 2 is 1.70 bits per heavy atom. The number of aromatic nitrogens is 1. The number of rotatable bonds is 7. The van der Waals surface area contributed by atoms with E-state index in [9.17, 15) is 14.7 Å². The van der Waals surface area contributed by atoms with Crippen molar-refractivity contribution < 1.29 is 24.2 Å². The van der Waals surface area contributed by atoms with Gasteiger partial charge in [-0.3, -0.25) is 14.5 Å². The lowest BCUT2D eigenvalue weighted by atomic mass is 9.84. The van der Waals surface area contributed by atoms with Crippen molar-refractivity contribution in [3.63, 3.8) is 0 Å². The number of ketones is 1. The fourth-order valence-corrected chi connectivity index (χ4v) is 5.30. The highest BCUT2D eigenvalue weighted by Gasteiger charge is 2.48. The zero-order chi connectivity index (χ0) is 28.6. The highest BCUT2D eigenvalue weighted by Crippen LogP contribution is 2.45. The highest BCUT2D eigenvalue weighted by molar-refractivity contribution is 6.52. The zero-order valence-electron chi connectivity index (χ0n) is 23.4. The monoisotopic (exact) mass is 538 g/mol. The van der Waals surface area contributed by atoms with Gasteiger partial charge in [0.25, 0.3) is 11.7 Å². The molecule has 2 N–H and O–H groups in total. The maximum atomic E-state index is 13.7. The second-order valence-electron chi connectivity index (χ2n) is 10.8. The second kappa shape index (κ2) is 10.6. The predicted molar refractivity (Wildman–Crippen MR) is 157 cm³/mol. The summed E-state index contributed by atoms with van der Waals surface area (Å²) in [5.41, 5.74) is 3.15. The van der Waals surface area contributed by atoms with Crippen LogP contribution in [0.2, 0.25) is 0 Å². The summed E-state index contributed by atoms with van der Waals surface area (Å²) in [6, 6.07) is 19.3. The van der Waals surface area contributed by atoms with E-state index in [0.29, 0.717) is 41.5 Å². The number of nitrogens with one attached hydrogen (secondary N) is 1. The molecule has 0 radical (unpaired) electrons. The van der Waals surface area contributed by atoms with E-state index >= 15 is 0 Å². The van der Waals surface area contributed by atoms with Gasteiger partial charge in [-0.05, 0) is 55.7 Å². The van der Waals surface area contributed by atoms with Crippen molar-refractivity contribution in [3.05, 3.63) is 95.2 Å². The topological polar surface area (TPSA) is 91.9 Å². The number of nitrogens with zero attached hydrogens (tertiary/aromatic N) is 1. The number of aromatic amines is 1. The maximum absolute atomic E-state index is 13.7. The number of amides is 1. The minimum atomic E-state index is -0.863. The molecule has 0 spiro atoms. The molecule has 40 heavy (non-hydrogen) atoms. The first-order chi connectivity index (χ1) is 19.2. The Morgan fingerprint density at radius 1 is 0.950 bits per heavy atom. The summed E-state index contributed by atoms with van der Waals surface area (Å²) in [5, 5.41) is 12.6. The normalized spacial score (nSPS) is 17.0. The standard InChI is InChI=1S/C33H34N2O5/c1-6-39-22-12-10-11-21(18-22)35-29(24-19-34-26-14-9-8-13-23(24)26)28(31(37)32(35)38)30(36)20-15-16-27(40-7-2)25(17-20)33(3,4)5/h8-19,29,34,36H,6-7H2,1-5H3/b30-28+. The van der Waals surface area contributed by atoms with Gasteiger partial charge in [-0.25, -0.2) is 0 Å². The lowest BCUT2D eigenvalue weighted by Crippen LogP contribution is -2.29. The molecule has 0 saturated carbocycles. The van der Waals surface area contributed by atoms with Gasteiger partial charge in [0.2, 0.25) is 0 Å². The van der Waals surface area contributed by atoms with E-state index in [2.05, 4.69) is 25.8 Å². The van der Waals surface area contributed by atoms with Crippen molar-refractivity contribution >= 4 is 34.0 Å². The lowest BCUT2D eigenvalue weighted by molar-refractivity contribution is -0.132. The third kappa shape index (κ3) is 4.72. The fraction of sp³-hybridized carbons (Fsp3) is 0.273. The van der Waals surface area contributed by atoms with Crippen molar-refractivity contribution in [2.24, 2.45) is 0 Å². The summed E-state index contributed by atoms with van der Waals surface area (Å²) >= 11 is 0. The van der Waals surface area contributed by atoms with Gasteiger partial charge < -0.3 is 19.6 Å². The minimum Gasteiger partial charge on any atom is -0.507 e. The number of Topliss-reactive ketones (excluding diaryl/α,β-unsaturated/α-hetero) is 1. The number of hydrogen-bond acceptors (Lipinski definition) is 5. The summed E-state index contributed by atoms with van der Waals surface area (Å²) in [4.78, 5) is 32.1. The van der Waals surface area contributed by atoms with Crippen LogP contribution in [0.5, 0.6) is 11.5 Å². The Balaban J connectivity index is 1.75. The van der Waals surface area contributed by atoms with Gasteiger partial charge in [-0.15, -0.1) is 0 Å². The van der Waals surface area contributed by atoms with Gasteiger partial charge in [0.15, 0.2) is 0 Å². The van der Waals surface area contributed by atoms with Crippen LogP contribution in [0, 0.1) is 0 Å². The smallest absolute Gasteiger partial charge is 0.300 e. The van der Waals surface area contributed by atoms with Crippen LogP contribution in [-0.2, 0) is 15.0 Å². The van der Waals surface area contributed by atoms with Crippen molar-refractivity contribution in [2.45, 2.75) is 46.1 Å². The molecule has 206 valence electrons. The predicted octanol–water partition coefficient (Wildman–Crippen LogP) is 6.89. The van der Waals surface area contributed by atoms with E-state index < -0.39 is 17.7 Å². The Hall–Kier alpha value is -4.52. The summed E-state index contributed by atoms with van der Waals surface area (Å²) in [5.74, 6) is -0.396. The number of fused-ring (bicyclic) bond motifs is 1. The van der Waals surface area contributed by atoms with Crippen LogP contribution in [0.25, 0.3) is 16.7 Å². The number of aliphatic hydroxyl groups excluding tert-OH is 1. The number of benzene rings is 3. The average molecular weight is 539 g/mol. The molecule has 2 heterocycles. The first-order valence-corrected chi connectivity index (χ1v) is 13.5. The molecule has 1 aliphatic heterocycles. The van der Waals surface area contributed by atoms with Crippen molar-refractivity contribution in [2.75, 3.05) is 18.1 Å². The molecule has 1 amide bonds. The molecular weight excluding hydrogens is 504 g/mol. The maximum Gasteiger partial charge on any atom is 0.300 e. The number of hydrogen-bond donors (Lipinski definition) is 2. The molecule has 1 aliphatic rings. The third-order valence-corrected chi connectivity index (χ3v) is 7.13. The molecule has 4 aromatic rings. The summed E-state index contributed by atoms with van der Waals surface area (Å²) in [7, 11) is 0. The molecule has 0 aliphatic carbocycles. The first kappa shape index (κ1) is 27.1. The number of carbonyl (C=O) groups is 2. The quantitative estimate of drug-likeness (QED) is 0.152. The van der Waals surface area contributed by atoms with Gasteiger partial charge in [0.05, 0.1) is 24.8 Å². The number of ether oxygens (including phenoxy) is 2. The minimum absolute atomic E-state index is 0.0283. The average Bonchev–Trinajstić information content (AvgIpc) is 3.47. The lowest BCUT2D eigenvalue weighted by Gasteiger charge is -2.26. The van der Waals surface area contributed by atoms with Crippen molar-refractivity contribution in [1.82, 2.24) is 4.98 Å². The van der Waals surface area contributed by atoms with E-state index in [0.717, 1.165) is 16.5 Å². The van der Waals surface area contributed by atoms with E-state index in [4.69, 9.17) is 9.47 Å². The van der Waals surface area contributed by atoms with Gasteiger partial charge in [-0.1, -0.05) is 45.0 Å². The molecule has 7 heteroatoms. The molecule has 5 rings (SSSR count). The number of H-pyrrole nitrogens is 1. The van der Waals surface area contributed by atoms with Crippen molar-refractivity contribution in [3.8, 4) is 11.5 Å². The Labute approximate surface area is 234 Å². The molecule has 3 aromatic carbocycles. The second-order valence-corrected chi connectivity index (χ2v) is 10.8. The van der Waals surface area contributed by atoms with E-state index in [-0.39, 0.29) is 16.7 Å². The van der Waals surface area contributed by atoms with Crippen LogP contribution in [0.4, 0.5) is 5.69 Å². The Morgan fingerprint density at radius 3 is 2.42 bits per heavy atom. The summed E-state index contributed by atoms with van der Waals surface area (Å²) in [6.45, 7) is 10.9. The van der Waals surface area contributed by atoms with Crippen LogP contribution in [0.15, 0.2) is 78.5 Å². The SMILES string of the molecule is CCOc1cccc(N2C(=O)C(=O)/C(=C(/O)c3ccc(OCC)c(C(C)(C)C)c3)C2c2c[nH]c3ccccc23)c1. The van der Waals surface area contributed by atoms with Crippen LogP contribution in [0.1, 0.15) is 57.4 Å². The zero-order valence-corrected chi connectivity index (χ0v) is 23.4. The van der Waals surface area contributed by atoms with Crippen LogP contribution in [-0.4, -0.2) is 35.0 Å². The van der Waals surface area contributed by atoms with E-state index in [1.165, 1.54) is 4.90 Å². The van der Waals surface area contributed by atoms with Crippen LogP contribution in [0.3, 0.4) is 0 Å². The number of aliphatic hydroxyl groups is 1. The summed E-state index contributed by atoms with van der Waals surface area (Å²) < 4.78 is 11.5. The molecule has 1 unspecified atom stereocenters. The third-order valence-electron chi connectivity index (χ3n) is 7.13. The van der Waals surface area contributed by atoms with Crippen molar-refractivity contribution in [1.29, 1.82) is 0 Å². The van der Waals surface area contributed by atoms with E-state index in [1.807, 2.05) is 50.2 Å². The van der Waals surface area contributed by atoms with Crippen LogP contribution < -0.4 is 14.4 Å². The van der Waals surface area contributed by atoms with Gasteiger partial charge >= 0.3 is 0 Å². The molecule has 1 fully saturated rings. The largest absolute Gasteiger partial charge is 0.507 e. The molecule has 1 atom stereocenters. The molecule has 1 aromatic heterocycles. The number of carbonyl (C=O) groups excluding carboxylic acids is 2. The molecule has 0 bridgehead atoms. The van der Waals surface area contributed by atoms with Crippen LogP contribution >= 0.6 is 0 Å². The summed E-state index contributed by atoms with van der Waals surface area (Å²) in [6.07, 6.45) is 1.80. The molecule has 1 saturated heterocycles. The van der Waals surface area contributed by atoms with Gasteiger partial charge in [0.1, 0.15) is 17.3 Å². The Kier molecular flexibility index (Phi) is 7.15. The van der Waals surface area contributed by atoms with E-state index in [1.54, 1.807) is 36.5 Å². The Bertz CT molecular complexity index is 1630. The van der Waals surface area contributed by atoms with Gasteiger partial charge in [-0.2, -0.15) is 0 Å². The fourth-order valence-electron chi connectivity index (χ4n) is 5.30. The highest BCUT2D eigenvalue weighted by atomic mass is 16.5. The number of para-hydroxylation sites is 1. The number of anilines is 1. The molecular formula is C33H34N2O5. The van der Waals surface area contributed by atoms with Gasteiger partial charge in [0, 0.05) is 45.5 Å². The molecule has 7 nitrogen and oxygen atoms in total.